The number of rotatable bonds is 8. The molecule has 0 fully saturated rings. The lowest BCUT2D eigenvalue weighted by Crippen LogP contribution is -2.35. The van der Waals surface area contributed by atoms with Crippen LogP contribution >= 0.6 is 0 Å². The zero-order valence-corrected chi connectivity index (χ0v) is 15.4. The molecule has 0 heterocycles. The molecule has 0 aliphatic carbocycles. The van der Waals surface area contributed by atoms with Gasteiger partial charge in [-0.3, -0.25) is 0 Å². The number of carbonyl (C=O) groups is 1. The summed E-state index contributed by atoms with van der Waals surface area (Å²) in [6, 6.07) is 16.1. The van der Waals surface area contributed by atoms with Gasteiger partial charge in [0.05, 0.1) is 0 Å². The van der Waals surface area contributed by atoms with Crippen molar-refractivity contribution in [3.63, 3.8) is 0 Å². The van der Waals surface area contributed by atoms with Gasteiger partial charge in [-0.25, -0.2) is 4.79 Å². The molecule has 0 radical (unpaired) electrons. The predicted molar refractivity (Wildman–Crippen MR) is 103 cm³/mol. The van der Waals surface area contributed by atoms with Gasteiger partial charge < -0.3 is 15.0 Å². The summed E-state index contributed by atoms with van der Waals surface area (Å²) in [5.74, 6) is 0. The van der Waals surface area contributed by atoms with E-state index < -0.39 is 0 Å². The standard InChI is InChI=1S/C21H28N2O2/c1-17-10-9-11-18(2)20(17)22-21(24)23(14-7-8-15-25-3)16-19-12-5-4-6-13-19/h4-6,9-13H,7-8,14-16H2,1-3H3,(H,22,24). The number of anilines is 1. The number of nitrogens with one attached hydrogen (secondary N) is 1. The van der Waals surface area contributed by atoms with Gasteiger partial charge in [0.15, 0.2) is 0 Å². The predicted octanol–water partition coefficient (Wildman–Crippen LogP) is 4.76. The highest BCUT2D eigenvalue weighted by atomic mass is 16.5. The number of amides is 2. The van der Waals surface area contributed by atoms with Gasteiger partial charge in [-0.2, -0.15) is 0 Å². The zero-order valence-electron chi connectivity index (χ0n) is 15.4. The van der Waals surface area contributed by atoms with Gasteiger partial charge >= 0.3 is 6.03 Å². The molecule has 1 N–H and O–H groups in total. The normalized spacial score (nSPS) is 10.5. The Balaban J connectivity index is 2.08. The third-order valence-corrected chi connectivity index (χ3v) is 4.24. The van der Waals surface area contributed by atoms with E-state index >= 15 is 0 Å². The van der Waals surface area contributed by atoms with E-state index in [0.717, 1.165) is 41.8 Å². The summed E-state index contributed by atoms with van der Waals surface area (Å²) >= 11 is 0. The fraction of sp³-hybridized carbons (Fsp3) is 0.381. The van der Waals surface area contributed by atoms with Gasteiger partial charge in [-0.05, 0) is 43.4 Å². The van der Waals surface area contributed by atoms with Crippen molar-refractivity contribution in [3.05, 3.63) is 65.2 Å². The maximum atomic E-state index is 12.9. The Kier molecular flexibility index (Phi) is 7.48. The van der Waals surface area contributed by atoms with Gasteiger partial charge in [0.1, 0.15) is 0 Å². The molecule has 134 valence electrons. The molecule has 0 aliphatic heterocycles. The second-order valence-electron chi connectivity index (χ2n) is 6.30. The monoisotopic (exact) mass is 340 g/mol. The average Bonchev–Trinajstić information content (AvgIpc) is 2.61. The van der Waals surface area contributed by atoms with Crippen LogP contribution in [0.5, 0.6) is 0 Å². The molecular formula is C21H28N2O2. The third-order valence-electron chi connectivity index (χ3n) is 4.24. The topological polar surface area (TPSA) is 41.6 Å². The smallest absolute Gasteiger partial charge is 0.322 e. The number of hydrogen-bond donors (Lipinski definition) is 1. The van der Waals surface area contributed by atoms with Crippen molar-refractivity contribution in [1.29, 1.82) is 0 Å². The van der Waals surface area contributed by atoms with E-state index in [4.69, 9.17) is 4.74 Å². The number of nitrogens with zero attached hydrogens (tertiary/aromatic N) is 1. The molecule has 25 heavy (non-hydrogen) atoms. The minimum atomic E-state index is -0.0568. The Bertz CT molecular complexity index is 651. The molecule has 2 rings (SSSR count). The third kappa shape index (κ3) is 5.91. The number of urea groups is 1. The lowest BCUT2D eigenvalue weighted by Gasteiger charge is -2.24. The summed E-state index contributed by atoms with van der Waals surface area (Å²) < 4.78 is 5.11. The van der Waals surface area contributed by atoms with Crippen molar-refractivity contribution in [2.24, 2.45) is 0 Å². The van der Waals surface area contributed by atoms with Gasteiger partial charge in [-0.15, -0.1) is 0 Å². The van der Waals surface area contributed by atoms with Crippen molar-refractivity contribution in [3.8, 4) is 0 Å². The highest BCUT2D eigenvalue weighted by molar-refractivity contribution is 5.91. The van der Waals surface area contributed by atoms with Crippen LogP contribution in [-0.2, 0) is 11.3 Å². The van der Waals surface area contributed by atoms with Crippen LogP contribution in [0.15, 0.2) is 48.5 Å². The number of aryl methyl sites for hydroxylation is 2. The van der Waals surface area contributed by atoms with E-state index in [1.165, 1.54) is 0 Å². The zero-order chi connectivity index (χ0) is 18.1. The highest BCUT2D eigenvalue weighted by Gasteiger charge is 2.15. The first-order valence-corrected chi connectivity index (χ1v) is 8.77. The highest BCUT2D eigenvalue weighted by Crippen LogP contribution is 2.20. The molecule has 0 atom stereocenters. The van der Waals surface area contributed by atoms with Crippen LogP contribution < -0.4 is 5.32 Å². The maximum absolute atomic E-state index is 12.9. The Hall–Kier alpha value is -2.33. The van der Waals surface area contributed by atoms with Gasteiger partial charge in [0.2, 0.25) is 0 Å². The first-order chi connectivity index (χ1) is 12.1. The molecule has 2 aromatic rings. The molecule has 0 bridgehead atoms. The van der Waals surface area contributed by atoms with E-state index in [1.54, 1.807) is 7.11 Å². The minimum absolute atomic E-state index is 0.0568. The van der Waals surface area contributed by atoms with E-state index in [2.05, 4.69) is 17.4 Å². The summed E-state index contributed by atoms with van der Waals surface area (Å²) in [6.45, 7) is 6.06. The van der Waals surface area contributed by atoms with Crippen molar-refractivity contribution in [2.75, 3.05) is 25.6 Å². The Labute approximate surface area is 150 Å². The lowest BCUT2D eigenvalue weighted by molar-refractivity contribution is 0.182. The van der Waals surface area contributed by atoms with Crippen LogP contribution in [0.2, 0.25) is 0 Å². The molecule has 2 aromatic carbocycles. The Morgan fingerprint density at radius 2 is 1.68 bits per heavy atom. The number of hydrogen-bond acceptors (Lipinski definition) is 2. The molecule has 4 nitrogen and oxygen atoms in total. The van der Waals surface area contributed by atoms with Crippen molar-refractivity contribution < 1.29 is 9.53 Å². The van der Waals surface area contributed by atoms with Gasteiger partial charge in [-0.1, -0.05) is 48.5 Å². The van der Waals surface area contributed by atoms with E-state index in [0.29, 0.717) is 13.1 Å². The number of methoxy groups -OCH3 is 1. The SMILES string of the molecule is COCCCCN(Cc1ccccc1)C(=O)Nc1c(C)cccc1C. The molecule has 0 saturated carbocycles. The van der Waals surface area contributed by atoms with Crippen molar-refractivity contribution in [1.82, 2.24) is 4.90 Å². The summed E-state index contributed by atoms with van der Waals surface area (Å²) in [7, 11) is 1.70. The first-order valence-electron chi connectivity index (χ1n) is 8.77. The van der Waals surface area contributed by atoms with Crippen LogP contribution in [0.1, 0.15) is 29.5 Å². The minimum Gasteiger partial charge on any atom is -0.385 e. The molecule has 0 spiro atoms. The van der Waals surface area contributed by atoms with Gasteiger partial charge in [0, 0.05) is 32.5 Å². The van der Waals surface area contributed by atoms with Crippen LogP contribution in [0.25, 0.3) is 0 Å². The summed E-state index contributed by atoms with van der Waals surface area (Å²) in [4.78, 5) is 14.7. The average molecular weight is 340 g/mol. The number of ether oxygens (including phenoxy) is 1. The summed E-state index contributed by atoms with van der Waals surface area (Å²) in [5.41, 5.74) is 4.19. The largest absolute Gasteiger partial charge is 0.385 e. The second-order valence-corrected chi connectivity index (χ2v) is 6.30. The van der Waals surface area contributed by atoms with Gasteiger partial charge in [0.25, 0.3) is 0 Å². The fourth-order valence-corrected chi connectivity index (χ4v) is 2.80. The van der Waals surface area contributed by atoms with E-state index in [9.17, 15) is 4.79 Å². The molecule has 0 unspecified atom stereocenters. The molecule has 2 amide bonds. The summed E-state index contributed by atoms with van der Waals surface area (Å²) in [5, 5.41) is 3.10. The molecule has 0 aromatic heterocycles. The molecule has 0 aliphatic rings. The maximum Gasteiger partial charge on any atom is 0.322 e. The Morgan fingerprint density at radius 3 is 2.32 bits per heavy atom. The van der Waals surface area contributed by atoms with Crippen LogP contribution in [0.4, 0.5) is 10.5 Å². The lowest BCUT2D eigenvalue weighted by atomic mass is 10.1. The van der Waals surface area contributed by atoms with Crippen molar-refractivity contribution >= 4 is 11.7 Å². The van der Waals surface area contributed by atoms with E-state index in [-0.39, 0.29) is 6.03 Å². The summed E-state index contributed by atoms with van der Waals surface area (Å²) in [6.07, 6.45) is 1.86. The fourth-order valence-electron chi connectivity index (χ4n) is 2.80. The molecular weight excluding hydrogens is 312 g/mol. The van der Waals surface area contributed by atoms with Crippen LogP contribution in [0, 0.1) is 13.8 Å². The van der Waals surface area contributed by atoms with Crippen LogP contribution in [-0.4, -0.2) is 31.2 Å². The molecule has 0 saturated heterocycles. The number of benzene rings is 2. The Morgan fingerprint density at radius 1 is 1.00 bits per heavy atom. The second kappa shape index (κ2) is 9.84. The number of unbranched alkanes of at least 4 members (excludes halogenated alkanes) is 1. The van der Waals surface area contributed by atoms with Crippen LogP contribution in [0.3, 0.4) is 0 Å². The van der Waals surface area contributed by atoms with E-state index in [1.807, 2.05) is 55.1 Å². The first kappa shape index (κ1) is 19.0. The van der Waals surface area contributed by atoms with Crippen molar-refractivity contribution in [2.45, 2.75) is 33.2 Å². The number of para-hydroxylation sites is 1. The molecule has 4 heteroatoms. The number of carbonyl (C=O) groups excluding carboxylic acids is 1. The quantitative estimate of drug-likeness (QED) is 0.704.